The van der Waals surface area contributed by atoms with Crippen LogP contribution in [0.1, 0.15) is 11.4 Å². The summed E-state index contributed by atoms with van der Waals surface area (Å²) in [5.41, 5.74) is 0.754. The van der Waals surface area contributed by atoms with E-state index in [1.54, 1.807) is 0 Å². The molecule has 0 spiro atoms. The largest absolute Gasteiger partial charge is 0.334 e. The molecule has 0 atom stereocenters. The molecular formula is C16H11ClF2N2O3S. The lowest BCUT2D eigenvalue weighted by Gasteiger charge is -2.02. The van der Waals surface area contributed by atoms with Gasteiger partial charge in [0.1, 0.15) is 17.4 Å². The Bertz CT molecular complexity index is 1000. The van der Waals surface area contributed by atoms with Crippen molar-refractivity contribution >= 4 is 21.4 Å². The summed E-state index contributed by atoms with van der Waals surface area (Å²) in [7, 11) is -3.59. The molecule has 0 aliphatic heterocycles. The minimum Gasteiger partial charge on any atom is -0.334 e. The van der Waals surface area contributed by atoms with Crippen molar-refractivity contribution in [2.75, 3.05) is 0 Å². The molecule has 130 valence electrons. The maximum absolute atomic E-state index is 13.1. The van der Waals surface area contributed by atoms with Crippen LogP contribution in [0.4, 0.5) is 8.78 Å². The molecule has 1 aromatic heterocycles. The number of hydrogen-bond donors (Lipinski definition) is 0. The molecule has 0 aliphatic rings. The Morgan fingerprint density at radius 2 is 1.68 bits per heavy atom. The number of sulfone groups is 1. The zero-order valence-electron chi connectivity index (χ0n) is 12.6. The smallest absolute Gasteiger partial charge is 0.259 e. The lowest BCUT2D eigenvalue weighted by atomic mass is 10.2. The quantitative estimate of drug-likeness (QED) is 0.669. The lowest BCUT2D eigenvalue weighted by molar-refractivity contribution is 0.424. The van der Waals surface area contributed by atoms with Gasteiger partial charge in [0, 0.05) is 0 Å². The van der Waals surface area contributed by atoms with Crippen molar-refractivity contribution in [3.05, 3.63) is 70.5 Å². The maximum Gasteiger partial charge on any atom is 0.259 e. The van der Waals surface area contributed by atoms with E-state index < -0.39 is 27.2 Å². The first-order valence-electron chi connectivity index (χ1n) is 7.05. The highest BCUT2D eigenvalue weighted by molar-refractivity contribution is 7.89. The van der Waals surface area contributed by atoms with Gasteiger partial charge in [-0.2, -0.15) is 4.98 Å². The molecular weight excluding hydrogens is 374 g/mol. The van der Waals surface area contributed by atoms with E-state index in [0.29, 0.717) is 11.1 Å². The van der Waals surface area contributed by atoms with Crippen molar-refractivity contribution < 1.29 is 21.7 Å². The van der Waals surface area contributed by atoms with Crippen molar-refractivity contribution in [1.82, 2.24) is 10.1 Å². The summed E-state index contributed by atoms with van der Waals surface area (Å²) in [4.78, 5) is 3.99. The minimum atomic E-state index is -3.59. The third-order valence-electron chi connectivity index (χ3n) is 3.28. The lowest BCUT2D eigenvalue weighted by Crippen LogP contribution is -2.08. The Morgan fingerprint density at radius 1 is 1.00 bits per heavy atom. The van der Waals surface area contributed by atoms with E-state index in [1.165, 1.54) is 36.4 Å². The summed E-state index contributed by atoms with van der Waals surface area (Å²) in [5, 5.41) is 3.69. The fourth-order valence-corrected chi connectivity index (χ4v) is 3.73. The fourth-order valence-electron chi connectivity index (χ4n) is 2.17. The van der Waals surface area contributed by atoms with Gasteiger partial charge in [0.15, 0.2) is 15.7 Å². The van der Waals surface area contributed by atoms with Gasteiger partial charge in [0.25, 0.3) is 5.89 Å². The summed E-state index contributed by atoms with van der Waals surface area (Å²) in [6.07, 6.45) is 0. The number of aromatic nitrogens is 2. The molecule has 25 heavy (non-hydrogen) atoms. The number of hydrogen-bond acceptors (Lipinski definition) is 5. The summed E-state index contributed by atoms with van der Waals surface area (Å²) >= 11 is 5.91. The van der Waals surface area contributed by atoms with Crippen LogP contribution in [0.5, 0.6) is 0 Å². The van der Waals surface area contributed by atoms with E-state index >= 15 is 0 Å². The monoisotopic (exact) mass is 384 g/mol. The molecule has 0 unspecified atom stereocenters. The number of benzene rings is 2. The van der Waals surface area contributed by atoms with E-state index in [-0.39, 0.29) is 22.5 Å². The van der Waals surface area contributed by atoms with Crippen LogP contribution in [0.15, 0.2) is 47.0 Å². The van der Waals surface area contributed by atoms with Crippen LogP contribution < -0.4 is 0 Å². The van der Waals surface area contributed by atoms with E-state index in [1.807, 2.05) is 0 Å². The van der Waals surface area contributed by atoms with Gasteiger partial charge in [-0.1, -0.05) is 28.9 Å². The number of nitrogens with zero attached hydrogens (tertiary/aromatic N) is 2. The first-order chi connectivity index (χ1) is 11.8. The van der Waals surface area contributed by atoms with Crippen molar-refractivity contribution in [1.29, 1.82) is 0 Å². The molecule has 0 N–H and O–H groups in total. The normalized spacial score (nSPS) is 11.6. The van der Waals surface area contributed by atoms with Gasteiger partial charge in [0.05, 0.1) is 16.3 Å². The zero-order valence-corrected chi connectivity index (χ0v) is 14.2. The van der Waals surface area contributed by atoms with E-state index in [0.717, 1.165) is 6.07 Å². The van der Waals surface area contributed by atoms with Crippen molar-refractivity contribution in [2.24, 2.45) is 0 Å². The third kappa shape index (κ3) is 4.40. The number of halogens is 3. The van der Waals surface area contributed by atoms with Crippen LogP contribution in [0.25, 0.3) is 11.5 Å². The second-order valence-corrected chi connectivity index (χ2v) is 7.77. The second-order valence-electron chi connectivity index (χ2n) is 5.30. The Balaban J connectivity index is 1.77. The first kappa shape index (κ1) is 17.5. The van der Waals surface area contributed by atoms with E-state index in [2.05, 4.69) is 10.1 Å². The van der Waals surface area contributed by atoms with Crippen LogP contribution in [0.2, 0.25) is 5.02 Å². The predicted molar refractivity (Wildman–Crippen MR) is 87.4 cm³/mol. The van der Waals surface area contributed by atoms with Crippen LogP contribution in [0.3, 0.4) is 0 Å². The van der Waals surface area contributed by atoms with Crippen molar-refractivity contribution in [3.63, 3.8) is 0 Å². The average Bonchev–Trinajstić information content (AvgIpc) is 2.96. The number of rotatable bonds is 5. The topological polar surface area (TPSA) is 73.1 Å². The Labute approximate surface area is 147 Å². The van der Waals surface area contributed by atoms with Crippen molar-refractivity contribution in [2.45, 2.75) is 11.5 Å². The summed E-state index contributed by atoms with van der Waals surface area (Å²) in [6.45, 7) is 0. The second kappa shape index (κ2) is 6.89. The zero-order chi connectivity index (χ0) is 18.0. The summed E-state index contributed by atoms with van der Waals surface area (Å²) < 4.78 is 55.4. The Morgan fingerprint density at radius 3 is 2.36 bits per heavy atom. The summed E-state index contributed by atoms with van der Waals surface area (Å²) in [5.74, 6) is -1.74. The van der Waals surface area contributed by atoms with Crippen LogP contribution in [-0.2, 0) is 21.3 Å². The fraction of sp³-hybridized carbons (Fsp3) is 0.125. The Hall–Kier alpha value is -2.32. The molecule has 5 nitrogen and oxygen atoms in total. The van der Waals surface area contributed by atoms with Gasteiger partial charge in [-0.25, -0.2) is 17.2 Å². The van der Waals surface area contributed by atoms with Gasteiger partial charge in [0.2, 0.25) is 0 Å². The first-order valence-corrected chi connectivity index (χ1v) is 9.25. The molecule has 3 rings (SSSR count). The SMILES string of the molecule is O=S(=O)(Cc1ccc(F)cc1)Cc1noc(-c2ccc(F)cc2Cl)n1. The molecule has 1 heterocycles. The molecule has 0 amide bonds. The van der Waals surface area contributed by atoms with Crippen LogP contribution in [-0.4, -0.2) is 18.6 Å². The van der Waals surface area contributed by atoms with Crippen molar-refractivity contribution in [3.8, 4) is 11.5 Å². The molecule has 0 saturated carbocycles. The molecule has 3 aromatic rings. The average molecular weight is 385 g/mol. The van der Waals surface area contributed by atoms with E-state index in [9.17, 15) is 17.2 Å². The summed E-state index contributed by atoms with van der Waals surface area (Å²) in [6, 6.07) is 8.80. The molecule has 2 aromatic carbocycles. The highest BCUT2D eigenvalue weighted by Gasteiger charge is 2.19. The van der Waals surface area contributed by atoms with Crippen LogP contribution >= 0.6 is 11.6 Å². The van der Waals surface area contributed by atoms with Crippen LogP contribution in [0, 0.1) is 11.6 Å². The van der Waals surface area contributed by atoms with Gasteiger partial charge in [-0.05, 0) is 35.9 Å². The molecule has 0 bridgehead atoms. The van der Waals surface area contributed by atoms with Gasteiger partial charge >= 0.3 is 0 Å². The standard InChI is InChI=1S/C16H11ClF2N2O3S/c17-14-7-12(19)5-6-13(14)16-20-15(21-24-16)9-25(22,23)8-10-1-3-11(18)4-2-10/h1-7H,8-9H2. The van der Waals surface area contributed by atoms with Gasteiger partial charge < -0.3 is 4.52 Å². The van der Waals surface area contributed by atoms with Gasteiger partial charge in [-0.3, -0.25) is 0 Å². The minimum absolute atomic E-state index is 0.00279. The molecule has 0 aliphatic carbocycles. The predicted octanol–water partition coefficient (Wildman–Crippen LogP) is 3.78. The van der Waals surface area contributed by atoms with Gasteiger partial charge in [-0.15, -0.1) is 0 Å². The molecule has 9 heteroatoms. The molecule has 0 saturated heterocycles. The third-order valence-corrected chi connectivity index (χ3v) is 5.06. The maximum atomic E-state index is 13.1. The molecule has 0 fully saturated rings. The van der Waals surface area contributed by atoms with E-state index in [4.69, 9.17) is 16.1 Å². The highest BCUT2D eigenvalue weighted by atomic mass is 35.5. The highest BCUT2D eigenvalue weighted by Crippen LogP contribution is 2.27. The molecule has 0 radical (unpaired) electrons. The Kier molecular flexibility index (Phi) is 4.82.